The topological polar surface area (TPSA) is 31.4 Å². The van der Waals surface area contributed by atoms with E-state index in [1.54, 1.807) is 12.1 Å². The number of rotatable bonds is 6. The van der Waals surface area contributed by atoms with Gasteiger partial charge in [-0.3, -0.25) is 0 Å². The zero-order valence-electron chi connectivity index (χ0n) is 10.2. The second-order valence-corrected chi connectivity index (χ2v) is 4.54. The Morgan fingerprint density at radius 2 is 1.74 bits per heavy atom. The standard InChI is InChI=1S/C14H13Cl2NO2/c15-13-7-6-11(14(16)17-13)10-18-8-9-19-12-4-2-1-3-5-12/h1-7H,8-10H2. The van der Waals surface area contributed by atoms with Crippen LogP contribution in [0.5, 0.6) is 5.75 Å². The summed E-state index contributed by atoms with van der Waals surface area (Å²) in [5.41, 5.74) is 0.811. The van der Waals surface area contributed by atoms with Gasteiger partial charge in [0.25, 0.3) is 0 Å². The maximum absolute atomic E-state index is 5.93. The van der Waals surface area contributed by atoms with Crippen LogP contribution in [0.25, 0.3) is 0 Å². The first-order valence-electron chi connectivity index (χ1n) is 5.82. The molecule has 0 bridgehead atoms. The minimum absolute atomic E-state index is 0.372. The van der Waals surface area contributed by atoms with Crippen LogP contribution in [-0.2, 0) is 11.3 Å². The summed E-state index contributed by atoms with van der Waals surface area (Å²) in [6, 6.07) is 13.1. The fourth-order valence-electron chi connectivity index (χ4n) is 1.47. The molecule has 0 saturated carbocycles. The second kappa shape index (κ2) is 7.34. The van der Waals surface area contributed by atoms with E-state index >= 15 is 0 Å². The number of hydrogen-bond acceptors (Lipinski definition) is 3. The van der Waals surface area contributed by atoms with E-state index in [0.29, 0.717) is 30.1 Å². The third-order valence-corrected chi connectivity index (χ3v) is 2.93. The van der Waals surface area contributed by atoms with Gasteiger partial charge < -0.3 is 9.47 Å². The molecule has 0 N–H and O–H groups in total. The fraction of sp³-hybridized carbons (Fsp3) is 0.214. The molecule has 0 saturated heterocycles. The number of benzene rings is 1. The molecule has 0 amide bonds. The van der Waals surface area contributed by atoms with Crippen LogP contribution < -0.4 is 4.74 Å². The van der Waals surface area contributed by atoms with Gasteiger partial charge in [-0.15, -0.1) is 0 Å². The van der Waals surface area contributed by atoms with E-state index in [0.717, 1.165) is 11.3 Å². The lowest BCUT2D eigenvalue weighted by molar-refractivity contribution is 0.0888. The smallest absolute Gasteiger partial charge is 0.136 e. The van der Waals surface area contributed by atoms with E-state index < -0.39 is 0 Å². The summed E-state index contributed by atoms with van der Waals surface area (Å²) in [6.45, 7) is 1.36. The normalized spacial score (nSPS) is 10.4. The lowest BCUT2D eigenvalue weighted by atomic mass is 10.3. The Balaban J connectivity index is 1.69. The zero-order chi connectivity index (χ0) is 13.5. The predicted octanol–water partition coefficient (Wildman–Crippen LogP) is 3.98. The quantitative estimate of drug-likeness (QED) is 0.597. The molecule has 3 nitrogen and oxygen atoms in total. The number of halogens is 2. The van der Waals surface area contributed by atoms with Gasteiger partial charge >= 0.3 is 0 Å². The van der Waals surface area contributed by atoms with Gasteiger partial charge in [0, 0.05) is 5.56 Å². The van der Waals surface area contributed by atoms with Crippen LogP contribution >= 0.6 is 23.2 Å². The minimum Gasteiger partial charge on any atom is -0.491 e. The van der Waals surface area contributed by atoms with Gasteiger partial charge in [-0.25, -0.2) is 4.98 Å². The van der Waals surface area contributed by atoms with E-state index in [-0.39, 0.29) is 0 Å². The Morgan fingerprint density at radius 3 is 2.47 bits per heavy atom. The average Bonchev–Trinajstić information content (AvgIpc) is 2.42. The van der Waals surface area contributed by atoms with Gasteiger partial charge in [-0.2, -0.15) is 0 Å². The van der Waals surface area contributed by atoms with Crippen molar-refractivity contribution in [3.05, 3.63) is 58.3 Å². The molecule has 1 aromatic heterocycles. The molecule has 0 unspecified atom stereocenters. The number of pyridine rings is 1. The summed E-state index contributed by atoms with van der Waals surface area (Å²) < 4.78 is 11.0. The molecule has 19 heavy (non-hydrogen) atoms. The van der Waals surface area contributed by atoms with Crippen LogP contribution in [0.3, 0.4) is 0 Å². The van der Waals surface area contributed by atoms with Gasteiger partial charge in [0.2, 0.25) is 0 Å². The SMILES string of the molecule is Clc1ccc(COCCOc2ccccc2)c(Cl)n1. The molecule has 1 aromatic carbocycles. The number of nitrogens with zero attached hydrogens (tertiary/aromatic N) is 1. The van der Waals surface area contributed by atoms with E-state index in [1.807, 2.05) is 30.3 Å². The molecule has 0 aliphatic carbocycles. The summed E-state index contributed by atoms with van der Waals surface area (Å²) in [5, 5.41) is 0.748. The van der Waals surface area contributed by atoms with E-state index in [1.165, 1.54) is 0 Å². The average molecular weight is 298 g/mol. The van der Waals surface area contributed by atoms with Crippen molar-refractivity contribution in [1.82, 2.24) is 4.98 Å². The molecule has 0 atom stereocenters. The molecule has 5 heteroatoms. The van der Waals surface area contributed by atoms with Gasteiger partial charge in [-0.1, -0.05) is 47.5 Å². The number of ether oxygens (including phenoxy) is 2. The largest absolute Gasteiger partial charge is 0.491 e. The number of para-hydroxylation sites is 1. The Hall–Kier alpha value is -1.29. The van der Waals surface area contributed by atoms with Gasteiger partial charge in [0.1, 0.15) is 22.7 Å². The van der Waals surface area contributed by atoms with Gasteiger partial charge in [0.15, 0.2) is 0 Å². The van der Waals surface area contributed by atoms with Gasteiger partial charge in [-0.05, 0) is 18.2 Å². The Morgan fingerprint density at radius 1 is 0.947 bits per heavy atom. The second-order valence-electron chi connectivity index (χ2n) is 3.80. The molecule has 2 aromatic rings. The highest BCUT2D eigenvalue weighted by Gasteiger charge is 2.02. The first kappa shape index (κ1) is 14.1. The predicted molar refractivity (Wildman–Crippen MR) is 75.9 cm³/mol. The Bertz CT molecular complexity index is 520. The van der Waals surface area contributed by atoms with E-state index in [9.17, 15) is 0 Å². The van der Waals surface area contributed by atoms with Crippen molar-refractivity contribution in [2.75, 3.05) is 13.2 Å². The number of aromatic nitrogens is 1. The molecule has 100 valence electrons. The maximum atomic E-state index is 5.93. The summed E-state index contributed by atoms with van der Waals surface area (Å²) in [5.74, 6) is 0.831. The highest BCUT2D eigenvalue weighted by molar-refractivity contribution is 6.32. The molecule has 1 heterocycles. The molecular weight excluding hydrogens is 285 g/mol. The van der Waals surface area contributed by atoms with Crippen molar-refractivity contribution in [2.24, 2.45) is 0 Å². The molecule has 0 radical (unpaired) electrons. The lowest BCUT2D eigenvalue weighted by Crippen LogP contribution is -2.07. The summed E-state index contributed by atoms with van der Waals surface area (Å²) in [4.78, 5) is 3.94. The van der Waals surface area contributed by atoms with Crippen molar-refractivity contribution in [3.63, 3.8) is 0 Å². The Kier molecular flexibility index (Phi) is 5.45. The highest BCUT2D eigenvalue weighted by Crippen LogP contribution is 2.17. The molecule has 2 rings (SSSR count). The molecular formula is C14H13Cl2NO2. The summed E-state index contributed by atoms with van der Waals surface area (Å²) in [6.07, 6.45) is 0. The molecule has 0 aliphatic heterocycles. The van der Waals surface area contributed by atoms with Crippen molar-refractivity contribution in [1.29, 1.82) is 0 Å². The van der Waals surface area contributed by atoms with Crippen LogP contribution in [0.1, 0.15) is 5.56 Å². The van der Waals surface area contributed by atoms with E-state index in [2.05, 4.69) is 4.98 Å². The van der Waals surface area contributed by atoms with Crippen LogP contribution in [0.4, 0.5) is 0 Å². The maximum Gasteiger partial charge on any atom is 0.136 e. The van der Waals surface area contributed by atoms with Crippen molar-refractivity contribution in [3.8, 4) is 5.75 Å². The zero-order valence-corrected chi connectivity index (χ0v) is 11.7. The third-order valence-electron chi connectivity index (χ3n) is 2.39. The van der Waals surface area contributed by atoms with Crippen molar-refractivity contribution >= 4 is 23.2 Å². The molecule has 0 spiro atoms. The molecule has 0 fully saturated rings. The van der Waals surface area contributed by atoms with E-state index in [4.69, 9.17) is 32.7 Å². The van der Waals surface area contributed by atoms with Crippen LogP contribution in [-0.4, -0.2) is 18.2 Å². The summed E-state index contributed by atoms with van der Waals surface area (Å²) >= 11 is 11.6. The minimum atomic E-state index is 0.372. The first-order chi connectivity index (χ1) is 9.25. The van der Waals surface area contributed by atoms with Crippen molar-refractivity contribution in [2.45, 2.75) is 6.61 Å². The van der Waals surface area contributed by atoms with Crippen LogP contribution in [0.15, 0.2) is 42.5 Å². The lowest BCUT2D eigenvalue weighted by Gasteiger charge is -2.07. The highest BCUT2D eigenvalue weighted by atomic mass is 35.5. The summed E-state index contributed by atoms with van der Waals surface area (Å²) in [7, 11) is 0. The monoisotopic (exact) mass is 297 g/mol. The Labute approximate surface area is 122 Å². The van der Waals surface area contributed by atoms with Crippen LogP contribution in [0.2, 0.25) is 10.3 Å². The number of hydrogen-bond donors (Lipinski definition) is 0. The van der Waals surface area contributed by atoms with Crippen LogP contribution in [0, 0.1) is 0 Å². The first-order valence-corrected chi connectivity index (χ1v) is 6.58. The third kappa shape index (κ3) is 4.71. The van der Waals surface area contributed by atoms with Crippen molar-refractivity contribution < 1.29 is 9.47 Å². The fourth-order valence-corrected chi connectivity index (χ4v) is 1.87. The van der Waals surface area contributed by atoms with Gasteiger partial charge in [0.05, 0.1) is 13.2 Å². The molecule has 0 aliphatic rings.